The number of hydrogen-bond donors (Lipinski definition) is 3. The van der Waals surface area contributed by atoms with Gasteiger partial charge in [0.2, 0.25) is 0 Å². The second-order valence-corrected chi connectivity index (χ2v) is 4.92. The summed E-state index contributed by atoms with van der Waals surface area (Å²) in [6.45, 7) is 2.58. The molecule has 5 nitrogen and oxygen atoms in total. The van der Waals surface area contributed by atoms with Crippen molar-refractivity contribution in [2.24, 2.45) is 0 Å². The molecule has 94 valence electrons. The quantitative estimate of drug-likeness (QED) is 0.687. The van der Waals surface area contributed by atoms with E-state index in [0.717, 1.165) is 11.4 Å². The zero-order valence-electron chi connectivity index (χ0n) is 10.2. The van der Waals surface area contributed by atoms with Crippen LogP contribution in [0.25, 0.3) is 0 Å². The van der Waals surface area contributed by atoms with E-state index in [9.17, 15) is 9.59 Å². The van der Waals surface area contributed by atoms with Crippen molar-refractivity contribution in [1.29, 1.82) is 0 Å². The van der Waals surface area contributed by atoms with E-state index in [-0.39, 0.29) is 11.9 Å². The van der Waals surface area contributed by atoms with E-state index in [2.05, 4.69) is 10.6 Å². The number of nitrogens with one attached hydrogen (secondary N) is 3. The summed E-state index contributed by atoms with van der Waals surface area (Å²) in [5, 5.41) is 6.65. The molecule has 3 N–H and O–H groups in total. The molecule has 17 heavy (non-hydrogen) atoms. The van der Waals surface area contributed by atoms with Crippen LogP contribution in [0.15, 0.2) is 17.5 Å². The van der Waals surface area contributed by atoms with Crippen LogP contribution in [0.1, 0.15) is 11.8 Å². The maximum absolute atomic E-state index is 11.7. The summed E-state index contributed by atoms with van der Waals surface area (Å²) in [4.78, 5) is 25.0. The molecule has 3 amide bonds. The number of hydrogen-bond acceptors (Lipinski definition) is 3. The average molecular weight is 256 g/mol. The highest BCUT2D eigenvalue weighted by Crippen LogP contribution is 2.05. The van der Waals surface area contributed by atoms with Gasteiger partial charge < -0.3 is 10.2 Å². The molecule has 1 aromatic heterocycles. The van der Waals surface area contributed by atoms with Gasteiger partial charge >= 0.3 is 6.03 Å². The van der Waals surface area contributed by atoms with E-state index in [4.69, 9.17) is 0 Å². The van der Waals surface area contributed by atoms with Crippen LogP contribution in [0.3, 0.4) is 0 Å². The van der Waals surface area contributed by atoms with Crippen molar-refractivity contribution in [3.8, 4) is 0 Å². The zero-order valence-corrected chi connectivity index (χ0v) is 11.1. The third-order valence-electron chi connectivity index (χ3n) is 2.63. The average Bonchev–Trinajstić information content (AvgIpc) is 2.80. The largest absolute Gasteiger partial charge is 0.341 e. The van der Waals surface area contributed by atoms with E-state index >= 15 is 0 Å². The number of thiophene rings is 1. The lowest BCUT2D eigenvalue weighted by atomic mass is 10.2. The Morgan fingerprint density at radius 1 is 1.53 bits per heavy atom. The minimum absolute atomic E-state index is 0.265. The van der Waals surface area contributed by atoms with Gasteiger partial charge in [-0.05, 0) is 18.4 Å². The van der Waals surface area contributed by atoms with E-state index < -0.39 is 6.03 Å². The molecule has 6 heteroatoms. The van der Waals surface area contributed by atoms with Crippen LogP contribution in [0.4, 0.5) is 4.79 Å². The number of imide groups is 1. The van der Waals surface area contributed by atoms with E-state index in [1.165, 1.54) is 11.9 Å². The molecule has 0 aliphatic carbocycles. The fourth-order valence-corrected chi connectivity index (χ4v) is 2.15. The van der Waals surface area contributed by atoms with E-state index in [0.29, 0.717) is 0 Å². The summed E-state index contributed by atoms with van der Waals surface area (Å²) in [6.07, 6.45) is 0. The number of carbonyl (C=O) groups excluding carboxylic acids is 2. The number of quaternary nitrogens is 1. The van der Waals surface area contributed by atoms with Gasteiger partial charge in [-0.3, -0.25) is 10.1 Å². The number of likely N-dealkylation sites (N-methyl/N-ethyl adjacent to an activating group) is 1. The normalized spacial score (nSPS) is 13.8. The van der Waals surface area contributed by atoms with Gasteiger partial charge in [-0.25, -0.2) is 4.79 Å². The van der Waals surface area contributed by atoms with Crippen molar-refractivity contribution < 1.29 is 14.5 Å². The molecular formula is C11H18N3O2S+. The summed E-state index contributed by atoms with van der Waals surface area (Å²) in [6, 6.07) is 3.29. The van der Waals surface area contributed by atoms with Gasteiger partial charge in [0.05, 0.1) is 11.9 Å². The number of amides is 3. The lowest BCUT2D eigenvalue weighted by molar-refractivity contribution is -0.907. The highest BCUT2D eigenvalue weighted by Gasteiger charge is 2.23. The van der Waals surface area contributed by atoms with Crippen molar-refractivity contribution in [2.45, 2.75) is 19.5 Å². The van der Waals surface area contributed by atoms with Crippen molar-refractivity contribution >= 4 is 23.3 Å². The van der Waals surface area contributed by atoms with E-state index in [1.54, 1.807) is 18.3 Å². The molecule has 0 fully saturated rings. The standard InChI is InChI=1S/C11H17N3O2S/c1-8(10(15)13-11(16)12-2)14(3)7-9-5-4-6-17-9/h4-6,8H,7H2,1-3H3,(H2,12,13,15,16)/p+1/t8-/m1/s1. The van der Waals surface area contributed by atoms with Gasteiger partial charge in [-0.2, -0.15) is 0 Å². The Kier molecular flexibility index (Phi) is 5.11. The Balaban J connectivity index is 2.48. The Hall–Kier alpha value is -1.40. The Bertz CT molecular complexity index is 378. The van der Waals surface area contributed by atoms with Gasteiger partial charge in [0, 0.05) is 7.05 Å². The summed E-state index contributed by atoms with van der Waals surface area (Å²) in [5.74, 6) is -0.265. The van der Waals surface area contributed by atoms with Gasteiger partial charge in [0.15, 0.2) is 6.04 Å². The molecule has 0 aromatic carbocycles. The van der Waals surface area contributed by atoms with Gasteiger partial charge in [0.25, 0.3) is 5.91 Å². The molecule has 1 aromatic rings. The molecule has 0 saturated heterocycles. The van der Waals surface area contributed by atoms with Crippen LogP contribution in [0.2, 0.25) is 0 Å². The van der Waals surface area contributed by atoms with Crippen molar-refractivity contribution in [3.05, 3.63) is 22.4 Å². The zero-order chi connectivity index (χ0) is 12.8. The Labute approximate surface area is 105 Å². The molecule has 1 heterocycles. The molecule has 0 radical (unpaired) electrons. The monoisotopic (exact) mass is 256 g/mol. The highest BCUT2D eigenvalue weighted by molar-refractivity contribution is 7.09. The number of urea groups is 1. The second-order valence-electron chi connectivity index (χ2n) is 3.89. The summed E-state index contributed by atoms with van der Waals surface area (Å²) >= 11 is 1.67. The summed E-state index contributed by atoms with van der Waals surface area (Å²) < 4.78 is 0. The van der Waals surface area contributed by atoms with E-state index in [1.807, 2.05) is 24.6 Å². The molecule has 0 bridgehead atoms. The Morgan fingerprint density at radius 2 is 2.24 bits per heavy atom. The molecule has 0 saturated carbocycles. The summed E-state index contributed by atoms with van der Waals surface area (Å²) in [5.41, 5.74) is 0. The minimum atomic E-state index is -0.467. The van der Waals surface area contributed by atoms with Gasteiger partial charge in [-0.1, -0.05) is 6.07 Å². The molecule has 1 unspecified atom stereocenters. The van der Waals surface area contributed by atoms with Crippen molar-refractivity contribution in [3.63, 3.8) is 0 Å². The van der Waals surface area contributed by atoms with Gasteiger partial charge in [0.1, 0.15) is 6.54 Å². The fourth-order valence-electron chi connectivity index (χ4n) is 1.35. The van der Waals surface area contributed by atoms with Crippen LogP contribution in [-0.2, 0) is 11.3 Å². The third kappa shape index (κ3) is 4.16. The first-order valence-corrected chi connectivity index (χ1v) is 6.29. The maximum atomic E-state index is 11.7. The predicted molar refractivity (Wildman–Crippen MR) is 67.0 cm³/mol. The molecule has 0 aliphatic rings. The SMILES string of the molecule is CNC(=O)NC(=O)[C@@H](C)[NH+](C)Cc1cccs1. The minimum Gasteiger partial charge on any atom is -0.341 e. The first-order chi connectivity index (χ1) is 8.04. The lowest BCUT2D eigenvalue weighted by Crippen LogP contribution is -3.12. The van der Waals surface area contributed by atoms with Crippen LogP contribution in [0.5, 0.6) is 0 Å². The Morgan fingerprint density at radius 3 is 2.76 bits per heavy atom. The first-order valence-electron chi connectivity index (χ1n) is 5.42. The second kappa shape index (κ2) is 6.36. The van der Waals surface area contributed by atoms with Gasteiger partial charge in [-0.15, -0.1) is 11.3 Å². The predicted octanol–water partition coefficient (Wildman–Crippen LogP) is -0.393. The number of carbonyl (C=O) groups is 2. The molecule has 0 spiro atoms. The molecular weight excluding hydrogens is 238 g/mol. The smallest absolute Gasteiger partial charge is 0.321 e. The van der Waals surface area contributed by atoms with Crippen LogP contribution < -0.4 is 15.5 Å². The summed E-state index contributed by atoms with van der Waals surface area (Å²) in [7, 11) is 3.42. The van der Waals surface area contributed by atoms with Crippen molar-refractivity contribution in [2.75, 3.05) is 14.1 Å². The molecule has 1 rings (SSSR count). The molecule has 0 aliphatic heterocycles. The van der Waals surface area contributed by atoms with Crippen LogP contribution in [-0.4, -0.2) is 32.1 Å². The maximum Gasteiger partial charge on any atom is 0.321 e. The topological polar surface area (TPSA) is 62.6 Å². The fraction of sp³-hybridized carbons (Fsp3) is 0.455. The lowest BCUT2D eigenvalue weighted by Gasteiger charge is -2.19. The third-order valence-corrected chi connectivity index (χ3v) is 3.51. The van der Waals surface area contributed by atoms with Crippen molar-refractivity contribution in [1.82, 2.24) is 10.6 Å². The van der Waals surface area contributed by atoms with Crippen LogP contribution >= 0.6 is 11.3 Å². The molecule has 2 atom stereocenters. The van der Waals surface area contributed by atoms with Crippen LogP contribution in [0, 0.1) is 0 Å². The highest BCUT2D eigenvalue weighted by atomic mass is 32.1. The first kappa shape index (κ1) is 13.7. The number of rotatable bonds is 4.